The van der Waals surface area contributed by atoms with Crippen LogP contribution in [0.1, 0.15) is 16.1 Å². The molecule has 0 saturated carbocycles. The Morgan fingerprint density at radius 3 is 2.67 bits per heavy atom. The van der Waals surface area contributed by atoms with Gasteiger partial charge in [0.15, 0.2) is 0 Å². The van der Waals surface area contributed by atoms with Gasteiger partial charge in [0.1, 0.15) is 5.82 Å². The van der Waals surface area contributed by atoms with Crippen molar-refractivity contribution in [1.82, 2.24) is 20.3 Å². The normalized spacial score (nSPS) is 10.8. The second kappa shape index (κ2) is 8.12. The first kappa shape index (κ1) is 19.3. The number of rotatable bonds is 5. The molecule has 30 heavy (non-hydrogen) atoms. The van der Waals surface area contributed by atoms with Crippen LogP contribution >= 0.6 is 0 Å². The van der Waals surface area contributed by atoms with Crippen molar-refractivity contribution in [2.45, 2.75) is 6.42 Å². The number of benzene rings is 2. The van der Waals surface area contributed by atoms with Gasteiger partial charge >= 0.3 is 5.69 Å². The molecule has 0 aliphatic heterocycles. The fourth-order valence-electron chi connectivity index (χ4n) is 3.18. The average Bonchev–Trinajstić information content (AvgIpc) is 2.73. The minimum atomic E-state index is -0.601. The monoisotopic (exact) mass is 404 g/mol. The molecule has 2 aromatic heterocycles. The average molecular weight is 404 g/mol. The molecule has 1 amide bonds. The molecular weight excluding hydrogens is 387 g/mol. The van der Waals surface area contributed by atoms with Crippen LogP contribution in [0.4, 0.5) is 4.39 Å². The van der Waals surface area contributed by atoms with Crippen LogP contribution in [0.5, 0.6) is 0 Å². The summed E-state index contributed by atoms with van der Waals surface area (Å²) in [5.74, 6) is -0.979. The van der Waals surface area contributed by atoms with Gasteiger partial charge in [-0.3, -0.25) is 19.6 Å². The van der Waals surface area contributed by atoms with Gasteiger partial charge in [0.2, 0.25) is 0 Å². The van der Waals surface area contributed by atoms with E-state index in [1.165, 1.54) is 6.07 Å². The highest BCUT2D eigenvalue weighted by Crippen LogP contribution is 2.24. The molecule has 0 fully saturated rings. The number of aromatic amines is 2. The van der Waals surface area contributed by atoms with E-state index in [0.717, 1.165) is 11.8 Å². The van der Waals surface area contributed by atoms with Crippen LogP contribution in [-0.4, -0.2) is 27.4 Å². The Morgan fingerprint density at radius 2 is 1.87 bits per heavy atom. The molecule has 3 N–H and O–H groups in total. The predicted molar refractivity (Wildman–Crippen MR) is 111 cm³/mol. The van der Waals surface area contributed by atoms with Gasteiger partial charge in [-0.05, 0) is 53.6 Å². The number of carbonyl (C=O) groups is 1. The number of nitrogens with one attached hydrogen (secondary N) is 3. The standard InChI is InChI=1S/C22H17FN4O3/c23-16-10-14(13-4-5-19-18(12-13)21(29)27-22(30)26-19)9-15(11-16)20(28)25-8-6-17-3-1-2-7-24-17/h1-5,7,9-12H,6,8H2,(H,25,28)(H2,26,27,29,30). The molecule has 4 rings (SSSR count). The second-order valence-corrected chi connectivity index (χ2v) is 6.72. The smallest absolute Gasteiger partial charge is 0.326 e. The van der Waals surface area contributed by atoms with Crippen molar-refractivity contribution in [2.24, 2.45) is 0 Å². The van der Waals surface area contributed by atoms with Crippen molar-refractivity contribution in [3.05, 3.63) is 98.7 Å². The van der Waals surface area contributed by atoms with E-state index in [2.05, 4.69) is 20.3 Å². The van der Waals surface area contributed by atoms with Gasteiger partial charge in [0, 0.05) is 30.4 Å². The maximum absolute atomic E-state index is 14.2. The molecule has 7 nitrogen and oxygen atoms in total. The summed E-state index contributed by atoms with van der Waals surface area (Å²) in [6, 6.07) is 14.3. The molecular formula is C22H17FN4O3. The van der Waals surface area contributed by atoms with Crippen molar-refractivity contribution in [3.63, 3.8) is 0 Å². The van der Waals surface area contributed by atoms with Crippen LogP contribution in [0.25, 0.3) is 22.0 Å². The number of hydrogen-bond acceptors (Lipinski definition) is 4. The van der Waals surface area contributed by atoms with Gasteiger partial charge in [0.25, 0.3) is 11.5 Å². The van der Waals surface area contributed by atoms with E-state index >= 15 is 0 Å². The lowest BCUT2D eigenvalue weighted by Gasteiger charge is -2.09. The SMILES string of the molecule is O=C(NCCc1ccccn1)c1cc(F)cc(-c2ccc3[nH]c(=O)[nH]c(=O)c3c2)c1. The van der Waals surface area contributed by atoms with Crippen LogP contribution in [0.2, 0.25) is 0 Å². The van der Waals surface area contributed by atoms with Gasteiger partial charge in [-0.25, -0.2) is 9.18 Å². The maximum Gasteiger partial charge on any atom is 0.326 e. The minimum absolute atomic E-state index is 0.168. The highest BCUT2D eigenvalue weighted by atomic mass is 19.1. The highest BCUT2D eigenvalue weighted by Gasteiger charge is 2.11. The van der Waals surface area contributed by atoms with Gasteiger partial charge < -0.3 is 10.3 Å². The van der Waals surface area contributed by atoms with Crippen LogP contribution in [-0.2, 0) is 6.42 Å². The van der Waals surface area contributed by atoms with Crippen LogP contribution in [0.3, 0.4) is 0 Å². The number of H-pyrrole nitrogens is 2. The van der Waals surface area contributed by atoms with E-state index in [9.17, 15) is 18.8 Å². The zero-order valence-electron chi connectivity index (χ0n) is 15.7. The number of fused-ring (bicyclic) bond motifs is 1. The largest absolute Gasteiger partial charge is 0.352 e. The van der Waals surface area contributed by atoms with Crippen molar-refractivity contribution < 1.29 is 9.18 Å². The minimum Gasteiger partial charge on any atom is -0.352 e. The van der Waals surface area contributed by atoms with Crippen LogP contribution in [0.15, 0.2) is 70.4 Å². The summed E-state index contributed by atoms with van der Waals surface area (Å²) in [5, 5.41) is 3.02. The van der Waals surface area contributed by atoms with E-state index in [0.29, 0.717) is 29.6 Å². The molecule has 0 bridgehead atoms. The van der Waals surface area contributed by atoms with Gasteiger partial charge in [0.05, 0.1) is 10.9 Å². The van der Waals surface area contributed by atoms with Gasteiger partial charge in [-0.1, -0.05) is 12.1 Å². The fourth-order valence-corrected chi connectivity index (χ4v) is 3.18. The zero-order chi connectivity index (χ0) is 21.1. The third-order valence-corrected chi connectivity index (χ3v) is 4.63. The summed E-state index contributed by atoms with van der Waals surface area (Å²) in [7, 11) is 0. The molecule has 0 radical (unpaired) electrons. The predicted octanol–water partition coefficient (Wildman–Crippen LogP) is 2.39. The van der Waals surface area contributed by atoms with Crippen molar-refractivity contribution in [2.75, 3.05) is 6.54 Å². The third-order valence-electron chi connectivity index (χ3n) is 4.63. The van der Waals surface area contributed by atoms with E-state index in [-0.39, 0.29) is 10.9 Å². The summed E-state index contributed by atoms with van der Waals surface area (Å²) >= 11 is 0. The number of amides is 1. The number of carbonyl (C=O) groups excluding carboxylic acids is 1. The van der Waals surface area contributed by atoms with E-state index < -0.39 is 23.0 Å². The molecule has 4 aromatic rings. The lowest BCUT2D eigenvalue weighted by molar-refractivity contribution is 0.0953. The number of pyridine rings is 1. The Bertz CT molecular complexity index is 1350. The zero-order valence-corrected chi connectivity index (χ0v) is 15.7. The summed E-state index contributed by atoms with van der Waals surface area (Å²) < 4.78 is 14.2. The van der Waals surface area contributed by atoms with Crippen molar-refractivity contribution >= 4 is 16.8 Å². The fraction of sp³-hybridized carbons (Fsp3) is 0.0909. The van der Waals surface area contributed by atoms with Crippen LogP contribution < -0.4 is 16.6 Å². The van der Waals surface area contributed by atoms with E-state index in [1.54, 1.807) is 30.5 Å². The van der Waals surface area contributed by atoms with E-state index in [4.69, 9.17) is 0 Å². The van der Waals surface area contributed by atoms with Crippen LogP contribution in [0, 0.1) is 5.82 Å². The maximum atomic E-state index is 14.2. The Hall–Kier alpha value is -4.07. The summed E-state index contributed by atoms with van der Waals surface area (Å²) in [4.78, 5) is 44.8. The number of hydrogen-bond donors (Lipinski definition) is 3. The third kappa shape index (κ3) is 4.17. The second-order valence-electron chi connectivity index (χ2n) is 6.72. The molecule has 0 aliphatic rings. The molecule has 0 saturated heterocycles. The summed E-state index contributed by atoms with van der Waals surface area (Å²) in [6.07, 6.45) is 2.24. The van der Waals surface area contributed by atoms with E-state index in [1.807, 2.05) is 18.2 Å². The number of halogens is 1. The number of aromatic nitrogens is 3. The molecule has 0 atom stereocenters. The molecule has 2 aromatic carbocycles. The Kier molecular flexibility index (Phi) is 5.21. The molecule has 2 heterocycles. The van der Waals surface area contributed by atoms with Crippen molar-refractivity contribution in [3.8, 4) is 11.1 Å². The van der Waals surface area contributed by atoms with Gasteiger partial charge in [-0.15, -0.1) is 0 Å². The molecule has 0 aliphatic carbocycles. The lowest BCUT2D eigenvalue weighted by atomic mass is 10.0. The Balaban J connectivity index is 1.58. The first-order valence-corrected chi connectivity index (χ1v) is 9.25. The Morgan fingerprint density at radius 1 is 1.00 bits per heavy atom. The number of nitrogens with zero attached hydrogens (tertiary/aromatic N) is 1. The lowest BCUT2D eigenvalue weighted by Crippen LogP contribution is -2.26. The first-order valence-electron chi connectivity index (χ1n) is 9.25. The topological polar surface area (TPSA) is 108 Å². The quantitative estimate of drug-likeness (QED) is 0.475. The first-order chi connectivity index (χ1) is 14.5. The highest BCUT2D eigenvalue weighted by molar-refractivity contribution is 5.96. The molecule has 0 unspecified atom stereocenters. The molecule has 8 heteroatoms. The molecule has 0 spiro atoms. The summed E-state index contributed by atoms with van der Waals surface area (Å²) in [6.45, 7) is 0.362. The summed E-state index contributed by atoms with van der Waals surface area (Å²) in [5.41, 5.74) is 1.23. The van der Waals surface area contributed by atoms with Crippen molar-refractivity contribution in [1.29, 1.82) is 0 Å². The Labute approximate surface area is 169 Å². The van der Waals surface area contributed by atoms with Gasteiger partial charge in [-0.2, -0.15) is 0 Å². The molecule has 150 valence electrons.